The van der Waals surface area contributed by atoms with E-state index in [1.165, 1.54) is 0 Å². The minimum Gasteiger partial charge on any atom is -0.392 e. The van der Waals surface area contributed by atoms with Gasteiger partial charge in [-0.15, -0.1) is 0 Å². The molecule has 1 aliphatic heterocycles. The average molecular weight is 194 g/mol. The second kappa shape index (κ2) is 3.71. The average Bonchev–Trinajstić information content (AvgIpc) is 1.88. The Kier molecular flexibility index (Phi) is 3.16. The molecule has 2 unspecified atom stereocenters. The number of rotatable bonds is 1. The van der Waals surface area contributed by atoms with Gasteiger partial charge in [-0.2, -0.15) is 0 Å². The number of hydrogen-bond donors (Lipinski definition) is 2. The van der Waals surface area contributed by atoms with Crippen molar-refractivity contribution < 1.29 is 0 Å². The van der Waals surface area contributed by atoms with Gasteiger partial charge in [0.15, 0.2) is 0 Å². The van der Waals surface area contributed by atoms with Crippen molar-refractivity contribution in [2.24, 2.45) is 5.73 Å². The first-order valence-corrected chi connectivity index (χ1v) is 5.87. The predicted octanol–water partition coefficient (Wildman–Crippen LogP) is 0.0197. The lowest BCUT2D eigenvalue weighted by Crippen LogP contribution is -2.44. The third-order valence-electron chi connectivity index (χ3n) is 1.44. The topological polar surface area (TPSA) is 38.0 Å². The maximum Gasteiger partial charge on any atom is 0.0908 e. The van der Waals surface area contributed by atoms with E-state index in [4.69, 9.17) is 29.1 Å². The van der Waals surface area contributed by atoms with Crippen molar-refractivity contribution in [3.05, 3.63) is 0 Å². The SMILES string of the molecule is NC(=S)C1CCCS(=S)N1. The monoisotopic (exact) mass is 194 g/mol. The van der Waals surface area contributed by atoms with Crippen LogP contribution in [0.5, 0.6) is 0 Å². The van der Waals surface area contributed by atoms with Crippen LogP contribution in [0.4, 0.5) is 0 Å². The molecule has 3 N–H and O–H groups in total. The molecule has 1 rings (SSSR count). The standard InChI is InChI=1S/C5H10N2S3/c6-5(8)4-2-1-3-10(9)7-4/h4,7H,1-3H2,(H2,6,8). The minimum atomic E-state index is -0.0750. The smallest absolute Gasteiger partial charge is 0.0908 e. The van der Waals surface area contributed by atoms with Crippen LogP contribution in [0, 0.1) is 0 Å². The van der Waals surface area contributed by atoms with Crippen LogP contribution in [0.25, 0.3) is 0 Å². The lowest BCUT2D eigenvalue weighted by Gasteiger charge is -2.23. The predicted molar refractivity (Wildman–Crippen MR) is 52.5 cm³/mol. The van der Waals surface area contributed by atoms with Gasteiger partial charge in [-0.3, -0.25) is 4.72 Å². The minimum absolute atomic E-state index is 0.0750. The van der Waals surface area contributed by atoms with E-state index in [0.717, 1.165) is 18.6 Å². The van der Waals surface area contributed by atoms with Gasteiger partial charge in [0.2, 0.25) is 0 Å². The Hall–Kier alpha value is 0.420. The molecule has 0 aromatic carbocycles. The van der Waals surface area contributed by atoms with Gasteiger partial charge in [0, 0.05) is 5.75 Å². The van der Waals surface area contributed by atoms with Crippen LogP contribution in [0.1, 0.15) is 12.8 Å². The first-order chi connectivity index (χ1) is 4.70. The molecule has 0 spiro atoms. The summed E-state index contributed by atoms with van der Waals surface area (Å²) in [5.74, 6) is 1.09. The summed E-state index contributed by atoms with van der Waals surface area (Å²) < 4.78 is 3.19. The summed E-state index contributed by atoms with van der Waals surface area (Å²) >= 11 is 9.93. The van der Waals surface area contributed by atoms with Crippen molar-refractivity contribution in [2.45, 2.75) is 18.9 Å². The van der Waals surface area contributed by atoms with Crippen LogP contribution in [-0.4, -0.2) is 16.8 Å². The van der Waals surface area contributed by atoms with Crippen LogP contribution in [0.3, 0.4) is 0 Å². The maximum atomic E-state index is 5.46. The van der Waals surface area contributed by atoms with Crippen LogP contribution < -0.4 is 10.5 Å². The van der Waals surface area contributed by atoms with E-state index in [1.54, 1.807) is 0 Å². The molecule has 58 valence electrons. The van der Waals surface area contributed by atoms with Crippen molar-refractivity contribution in [2.75, 3.05) is 5.75 Å². The van der Waals surface area contributed by atoms with Crippen LogP contribution in [0.2, 0.25) is 0 Å². The Balaban J connectivity index is 2.47. The fourth-order valence-corrected chi connectivity index (χ4v) is 2.96. The summed E-state index contributed by atoms with van der Waals surface area (Å²) in [5.41, 5.74) is 5.46. The third-order valence-corrected chi connectivity index (χ3v) is 3.72. The van der Waals surface area contributed by atoms with Gasteiger partial charge in [0.05, 0.1) is 11.0 Å². The highest BCUT2D eigenvalue weighted by Gasteiger charge is 2.16. The third kappa shape index (κ3) is 2.23. The lowest BCUT2D eigenvalue weighted by molar-refractivity contribution is 0.676. The largest absolute Gasteiger partial charge is 0.392 e. The van der Waals surface area contributed by atoms with E-state index < -0.39 is 0 Å². The molecule has 1 fully saturated rings. The van der Waals surface area contributed by atoms with Gasteiger partial charge in [-0.1, -0.05) is 21.9 Å². The molecule has 0 bridgehead atoms. The van der Waals surface area contributed by atoms with E-state index in [9.17, 15) is 0 Å². The van der Waals surface area contributed by atoms with Crippen LogP contribution in [0.15, 0.2) is 0 Å². The fourth-order valence-electron chi connectivity index (χ4n) is 0.895. The summed E-state index contributed by atoms with van der Waals surface area (Å²) in [6.07, 6.45) is 2.21. The number of nitrogens with one attached hydrogen (secondary N) is 1. The zero-order valence-electron chi connectivity index (χ0n) is 5.50. The molecular formula is C5H10N2S3. The maximum absolute atomic E-state index is 5.46. The Morgan fingerprint density at radius 3 is 2.80 bits per heavy atom. The second-order valence-electron chi connectivity index (χ2n) is 2.26. The number of hydrogen-bond acceptors (Lipinski definition) is 2. The molecule has 0 aliphatic carbocycles. The Morgan fingerprint density at radius 2 is 2.40 bits per heavy atom. The molecular weight excluding hydrogens is 184 g/mol. The van der Waals surface area contributed by atoms with Crippen LogP contribution in [-0.2, 0) is 20.8 Å². The first kappa shape index (κ1) is 8.52. The molecule has 2 atom stereocenters. The number of nitrogens with two attached hydrogens (primary N) is 1. The van der Waals surface area contributed by atoms with Gasteiger partial charge in [0.25, 0.3) is 0 Å². The zero-order chi connectivity index (χ0) is 7.56. The van der Waals surface area contributed by atoms with Gasteiger partial charge >= 0.3 is 0 Å². The van der Waals surface area contributed by atoms with Crippen molar-refractivity contribution in [1.29, 1.82) is 0 Å². The summed E-state index contributed by atoms with van der Waals surface area (Å²) in [7, 11) is -0.0750. The second-order valence-corrected chi connectivity index (χ2v) is 5.28. The van der Waals surface area contributed by atoms with E-state index >= 15 is 0 Å². The normalized spacial score (nSPS) is 33.6. The molecule has 0 amide bonds. The molecule has 0 saturated carbocycles. The molecule has 5 heteroatoms. The van der Waals surface area contributed by atoms with E-state index in [0.29, 0.717) is 4.99 Å². The Morgan fingerprint density at radius 1 is 1.70 bits per heavy atom. The molecule has 0 aromatic rings. The van der Waals surface area contributed by atoms with Gasteiger partial charge in [0.1, 0.15) is 0 Å². The Labute approximate surface area is 73.3 Å². The van der Waals surface area contributed by atoms with Crippen molar-refractivity contribution in [3.8, 4) is 0 Å². The molecule has 10 heavy (non-hydrogen) atoms. The summed E-state index contributed by atoms with van der Waals surface area (Å²) in [5, 5.41) is 0. The molecule has 0 aromatic heterocycles. The molecule has 1 heterocycles. The van der Waals surface area contributed by atoms with E-state index in [1.807, 2.05) is 0 Å². The summed E-state index contributed by atoms with van der Waals surface area (Å²) in [6.45, 7) is 0. The highest BCUT2D eigenvalue weighted by atomic mass is 32.8. The summed E-state index contributed by atoms with van der Waals surface area (Å²) in [4.78, 5) is 0.557. The van der Waals surface area contributed by atoms with Crippen molar-refractivity contribution in [3.63, 3.8) is 0 Å². The van der Waals surface area contributed by atoms with E-state index in [-0.39, 0.29) is 15.7 Å². The van der Waals surface area contributed by atoms with E-state index in [2.05, 4.69) is 4.72 Å². The van der Waals surface area contributed by atoms with Gasteiger partial charge in [-0.05, 0) is 24.0 Å². The zero-order valence-corrected chi connectivity index (χ0v) is 7.95. The fraction of sp³-hybridized carbons (Fsp3) is 0.800. The van der Waals surface area contributed by atoms with Crippen molar-refractivity contribution >= 4 is 38.0 Å². The van der Waals surface area contributed by atoms with Crippen molar-refractivity contribution in [1.82, 2.24) is 4.72 Å². The lowest BCUT2D eigenvalue weighted by atomic mass is 10.2. The highest BCUT2D eigenvalue weighted by molar-refractivity contribution is 8.27. The molecule has 2 nitrogen and oxygen atoms in total. The quantitative estimate of drug-likeness (QED) is 0.577. The number of thiocarbonyl (C=S) groups is 1. The highest BCUT2D eigenvalue weighted by Crippen LogP contribution is 2.06. The molecule has 1 saturated heterocycles. The van der Waals surface area contributed by atoms with Gasteiger partial charge in [-0.25, -0.2) is 0 Å². The summed E-state index contributed by atoms with van der Waals surface area (Å²) in [6, 6.07) is 0.199. The first-order valence-electron chi connectivity index (χ1n) is 3.14. The molecule has 1 aliphatic rings. The van der Waals surface area contributed by atoms with Crippen LogP contribution >= 0.6 is 12.2 Å². The molecule has 0 radical (unpaired) electrons. The van der Waals surface area contributed by atoms with Gasteiger partial charge < -0.3 is 5.73 Å². The Bertz CT molecular complexity index is 166.